The summed E-state index contributed by atoms with van der Waals surface area (Å²) < 4.78 is 38.1. The fraction of sp³-hybridized carbons (Fsp3) is 0.316. The van der Waals surface area contributed by atoms with Crippen molar-refractivity contribution in [1.29, 1.82) is 0 Å². The number of hydrogen-bond acceptors (Lipinski definition) is 5. The van der Waals surface area contributed by atoms with Crippen LogP contribution in [0.1, 0.15) is 24.1 Å². The van der Waals surface area contributed by atoms with Gasteiger partial charge in [-0.1, -0.05) is 36.8 Å². The van der Waals surface area contributed by atoms with Crippen molar-refractivity contribution in [1.82, 2.24) is 4.72 Å². The first-order valence-corrected chi connectivity index (χ1v) is 9.57. The maximum atomic E-state index is 12.8. The molecule has 26 heavy (non-hydrogen) atoms. The zero-order chi connectivity index (χ0) is 19.3. The smallest absolute Gasteiger partial charge is 0.310 e. The van der Waals surface area contributed by atoms with Crippen LogP contribution in [0.15, 0.2) is 53.4 Å². The van der Waals surface area contributed by atoms with Gasteiger partial charge in [-0.2, -0.15) is 0 Å². The summed E-state index contributed by atoms with van der Waals surface area (Å²) in [5.41, 5.74) is 1.60. The molecule has 0 aliphatic rings. The number of carbonyl (C=O) groups is 1. The molecule has 0 saturated carbocycles. The second kappa shape index (κ2) is 8.33. The first-order valence-electron chi connectivity index (χ1n) is 8.09. The maximum absolute atomic E-state index is 12.8. The highest BCUT2D eigenvalue weighted by Crippen LogP contribution is 2.27. The average Bonchev–Trinajstić information content (AvgIpc) is 2.65. The number of rotatable bonds is 7. The number of benzene rings is 2. The minimum Gasteiger partial charge on any atom is -0.497 e. The van der Waals surface area contributed by atoms with Crippen molar-refractivity contribution < 1.29 is 22.7 Å². The van der Waals surface area contributed by atoms with Gasteiger partial charge in [0.15, 0.2) is 0 Å². The lowest BCUT2D eigenvalue weighted by Gasteiger charge is -2.24. The summed E-state index contributed by atoms with van der Waals surface area (Å²) in [6, 6.07) is 12.6. The molecule has 0 aliphatic heterocycles. The van der Waals surface area contributed by atoms with Crippen molar-refractivity contribution in [2.75, 3.05) is 14.2 Å². The number of carbonyl (C=O) groups excluding carboxylic acids is 1. The van der Waals surface area contributed by atoms with E-state index < -0.39 is 28.0 Å². The molecule has 1 N–H and O–H groups in total. The molecular formula is C19H23NO5S. The van der Waals surface area contributed by atoms with Crippen molar-refractivity contribution in [3.63, 3.8) is 0 Å². The van der Waals surface area contributed by atoms with Gasteiger partial charge in [0.05, 0.1) is 31.1 Å². The van der Waals surface area contributed by atoms with Crippen LogP contribution in [0.25, 0.3) is 0 Å². The molecule has 7 heteroatoms. The Balaban J connectivity index is 2.39. The summed E-state index contributed by atoms with van der Waals surface area (Å²) in [6.45, 7) is 3.50. The van der Waals surface area contributed by atoms with Gasteiger partial charge in [0.1, 0.15) is 5.75 Å². The van der Waals surface area contributed by atoms with Gasteiger partial charge in [-0.25, -0.2) is 13.1 Å². The van der Waals surface area contributed by atoms with E-state index in [0.717, 1.165) is 5.56 Å². The van der Waals surface area contributed by atoms with E-state index in [0.29, 0.717) is 11.3 Å². The summed E-state index contributed by atoms with van der Waals surface area (Å²) in [6.07, 6.45) is 0. The summed E-state index contributed by atoms with van der Waals surface area (Å²) in [5, 5.41) is 0. The van der Waals surface area contributed by atoms with Crippen LogP contribution in [0.4, 0.5) is 0 Å². The first kappa shape index (κ1) is 19.9. The van der Waals surface area contributed by atoms with E-state index in [1.54, 1.807) is 50.4 Å². The van der Waals surface area contributed by atoms with Gasteiger partial charge in [0.25, 0.3) is 0 Å². The zero-order valence-corrected chi connectivity index (χ0v) is 16.0. The van der Waals surface area contributed by atoms with Gasteiger partial charge < -0.3 is 9.47 Å². The van der Waals surface area contributed by atoms with Crippen molar-refractivity contribution in [3.8, 4) is 5.75 Å². The number of esters is 1. The van der Waals surface area contributed by atoms with E-state index in [9.17, 15) is 13.2 Å². The highest BCUT2D eigenvalue weighted by molar-refractivity contribution is 7.89. The van der Waals surface area contributed by atoms with Gasteiger partial charge >= 0.3 is 5.97 Å². The van der Waals surface area contributed by atoms with E-state index in [-0.39, 0.29) is 4.90 Å². The molecule has 2 rings (SSSR count). The van der Waals surface area contributed by atoms with Crippen LogP contribution in [-0.4, -0.2) is 28.6 Å². The summed E-state index contributed by atoms with van der Waals surface area (Å²) in [7, 11) is -0.994. The Kier molecular flexibility index (Phi) is 6.39. The number of methoxy groups -OCH3 is 2. The van der Waals surface area contributed by atoms with Crippen molar-refractivity contribution in [3.05, 3.63) is 59.7 Å². The van der Waals surface area contributed by atoms with E-state index in [1.165, 1.54) is 19.2 Å². The predicted octanol–water partition coefficient (Wildman–Crippen LogP) is 2.83. The average molecular weight is 377 g/mol. The van der Waals surface area contributed by atoms with Crippen molar-refractivity contribution in [2.24, 2.45) is 5.92 Å². The molecule has 0 aliphatic carbocycles. The normalized spacial score (nSPS) is 13.7. The fourth-order valence-corrected chi connectivity index (χ4v) is 3.85. The lowest BCUT2D eigenvalue weighted by Crippen LogP contribution is -2.36. The molecule has 0 heterocycles. The highest BCUT2D eigenvalue weighted by atomic mass is 32.2. The Bertz CT molecular complexity index is 845. The maximum Gasteiger partial charge on any atom is 0.310 e. The summed E-state index contributed by atoms with van der Waals surface area (Å²) in [4.78, 5) is 12.2. The number of ether oxygens (including phenoxy) is 2. The SMILES string of the molecule is COC(=O)[C@@H](C)[C@@H](NS(=O)(=O)c1ccc(C)cc1)c1ccc(OC)cc1. The Labute approximate surface area is 154 Å². The van der Waals surface area contributed by atoms with E-state index in [1.807, 2.05) is 6.92 Å². The topological polar surface area (TPSA) is 81.7 Å². The molecule has 0 aromatic heterocycles. The number of sulfonamides is 1. The molecule has 0 spiro atoms. The van der Waals surface area contributed by atoms with Crippen LogP contribution in [-0.2, 0) is 19.6 Å². The molecule has 0 bridgehead atoms. The van der Waals surface area contributed by atoms with Crippen LogP contribution in [0.3, 0.4) is 0 Å². The molecule has 2 atom stereocenters. The third-order valence-corrected chi connectivity index (χ3v) is 5.62. The quantitative estimate of drug-likeness (QED) is 0.751. The Hall–Kier alpha value is -2.38. The Morgan fingerprint density at radius 2 is 1.58 bits per heavy atom. The van der Waals surface area contributed by atoms with E-state index >= 15 is 0 Å². The van der Waals surface area contributed by atoms with Crippen molar-refractivity contribution >= 4 is 16.0 Å². The first-order chi connectivity index (χ1) is 12.3. The van der Waals surface area contributed by atoms with Crippen LogP contribution in [0.2, 0.25) is 0 Å². The lowest BCUT2D eigenvalue weighted by atomic mass is 9.95. The molecule has 0 saturated heterocycles. The number of hydrogen-bond donors (Lipinski definition) is 1. The molecule has 6 nitrogen and oxygen atoms in total. The van der Waals surface area contributed by atoms with Gasteiger partial charge in [-0.3, -0.25) is 4.79 Å². The summed E-state index contributed by atoms with van der Waals surface area (Å²) >= 11 is 0. The van der Waals surface area contributed by atoms with Crippen LogP contribution < -0.4 is 9.46 Å². The largest absolute Gasteiger partial charge is 0.497 e. The van der Waals surface area contributed by atoms with Crippen LogP contribution in [0, 0.1) is 12.8 Å². The molecule has 0 radical (unpaired) electrons. The zero-order valence-electron chi connectivity index (χ0n) is 15.2. The summed E-state index contributed by atoms with van der Waals surface area (Å²) in [5.74, 6) is -0.578. The molecule has 2 aromatic carbocycles. The van der Waals surface area contributed by atoms with Gasteiger partial charge in [-0.05, 0) is 36.8 Å². The third kappa shape index (κ3) is 4.62. The standard InChI is InChI=1S/C19H23NO5S/c1-13-5-11-17(12-6-13)26(22,23)20-18(14(2)19(21)25-4)15-7-9-16(24-3)10-8-15/h5-12,14,18,20H,1-4H3/t14-,18+/m0/s1. The molecule has 0 unspecified atom stereocenters. The predicted molar refractivity (Wildman–Crippen MR) is 98.4 cm³/mol. The second-order valence-corrected chi connectivity index (χ2v) is 7.71. The lowest BCUT2D eigenvalue weighted by molar-refractivity contribution is -0.145. The fourth-order valence-electron chi connectivity index (χ4n) is 2.54. The van der Waals surface area contributed by atoms with Gasteiger partial charge in [0.2, 0.25) is 10.0 Å². The van der Waals surface area contributed by atoms with Gasteiger partial charge in [-0.15, -0.1) is 0 Å². The van der Waals surface area contributed by atoms with E-state index in [4.69, 9.17) is 9.47 Å². The highest BCUT2D eigenvalue weighted by Gasteiger charge is 2.31. The molecule has 0 amide bonds. The number of nitrogens with one attached hydrogen (secondary N) is 1. The van der Waals surface area contributed by atoms with Crippen LogP contribution in [0.5, 0.6) is 5.75 Å². The van der Waals surface area contributed by atoms with Crippen LogP contribution >= 0.6 is 0 Å². The number of aryl methyl sites for hydroxylation is 1. The molecule has 140 valence electrons. The molecular weight excluding hydrogens is 354 g/mol. The third-order valence-electron chi connectivity index (χ3n) is 4.16. The monoisotopic (exact) mass is 377 g/mol. The Morgan fingerprint density at radius 1 is 1.00 bits per heavy atom. The van der Waals surface area contributed by atoms with E-state index in [2.05, 4.69) is 4.72 Å². The Morgan fingerprint density at radius 3 is 2.08 bits per heavy atom. The van der Waals surface area contributed by atoms with Crippen molar-refractivity contribution in [2.45, 2.75) is 24.8 Å². The second-order valence-electron chi connectivity index (χ2n) is 6.00. The van der Waals surface area contributed by atoms with Gasteiger partial charge in [0, 0.05) is 0 Å². The molecule has 2 aromatic rings. The minimum absolute atomic E-state index is 0.138. The molecule has 0 fully saturated rings. The minimum atomic E-state index is -3.82.